The second kappa shape index (κ2) is 7.55. The zero-order chi connectivity index (χ0) is 11.8. The Morgan fingerprint density at radius 2 is 1.80 bits per heavy atom. The molecule has 0 aromatic heterocycles. The van der Waals surface area contributed by atoms with Gasteiger partial charge in [-0.05, 0) is 32.6 Å². The molecule has 0 aliphatic carbocycles. The minimum Gasteiger partial charge on any atom is -0.354 e. The summed E-state index contributed by atoms with van der Waals surface area (Å²) in [4.78, 5) is 6.46. The topological polar surface area (TPSA) is 27.6 Å². The highest BCUT2D eigenvalue weighted by Gasteiger charge is 2.07. The smallest absolute Gasteiger partial charge is 0.193 e. The van der Waals surface area contributed by atoms with Crippen LogP contribution in [0.1, 0.15) is 40.5 Å². The Balaban J connectivity index is 4.00. The molecule has 0 radical (unpaired) electrons. The van der Waals surface area contributed by atoms with Crippen molar-refractivity contribution < 1.29 is 0 Å². The maximum absolute atomic E-state index is 4.42. The summed E-state index contributed by atoms with van der Waals surface area (Å²) in [6, 6.07) is 0.500. The lowest BCUT2D eigenvalue weighted by Crippen LogP contribution is -2.41. The van der Waals surface area contributed by atoms with Gasteiger partial charge in [-0.3, -0.25) is 4.99 Å². The fourth-order valence-electron chi connectivity index (χ4n) is 1.34. The van der Waals surface area contributed by atoms with Gasteiger partial charge in [-0.25, -0.2) is 0 Å². The van der Waals surface area contributed by atoms with Crippen molar-refractivity contribution in [3.05, 3.63) is 0 Å². The highest BCUT2D eigenvalue weighted by Crippen LogP contribution is 2.06. The molecule has 0 bridgehead atoms. The molecule has 0 rings (SSSR count). The summed E-state index contributed by atoms with van der Waals surface area (Å²) in [6.45, 7) is 9.64. The molecule has 15 heavy (non-hydrogen) atoms. The summed E-state index contributed by atoms with van der Waals surface area (Å²) in [6.07, 6.45) is 2.47. The van der Waals surface area contributed by atoms with E-state index < -0.39 is 0 Å². The molecule has 0 spiro atoms. The predicted molar refractivity (Wildman–Crippen MR) is 68.3 cm³/mol. The molecule has 3 nitrogen and oxygen atoms in total. The van der Waals surface area contributed by atoms with E-state index in [9.17, 15) is 0 Å². The van der Waals surface area contributed by atoms with Crippen LogP contribution in [0.15, 0.2) is 4.99 Å². The molecule has 1 unspecified atom stereocenters. The van der Waals surface area contributed by atoms with Crippen LogP contribution in [-0.4, -0.2) is 37.5 Å². The quantitative estimate of drug-likeness (QED) is 0.561. The van der Waals surface area contributed by atoms with Crippen LogP contribution < -0.4 is 5.32 Å². The van der Waals surface area contributed by atoms with E-state index in [1.807, 2.05) is 19.0 Å². The van der Waals surface area contributed by atoms with Gasteiger partial charge in [0.2, 0.25) is 0 Å². The first kappa shape index (κ1) is 14.3. The van der Waals surface area contributed by atoms with Crippen LogP contribution in [0.5, 0.6) is 0 Å². The lowest BCUT2D eigenvalue weighted by atomic mass is 10.0. The summed E-state index contributed by atoms with van der Waals surface area (Å²) in [5.41, 5.74) is 0. The van der Waals surface area contributed by atoms with Gasteiger partial charge in [-0.2, -0.15) is 0 Å². The largest absolute Gasteiger partial charge is 0.354 e. The molecule has 1 N–H and O–H groups in total. The van der Waals surface area contributed by atoms with Gasteiger partial charge < -0.3 is 10.2 Å². The average Bonchev–Trinajstić information content (AvgIpc) is 2.14. The van der Waals surface area contributed by atoms with Crippen molar-refractivity contribution in [2.75, 3.05) is 20.6 Å². The molecule has 90 valence electrons. The van der Waals surface area contributed by atoms with Crippen molar-refractivity contribution in [2.24, 2.45) is 10.9 Å². The second-order valence-corrected chi connectivity index (χ2v) is 4.71. The van der Waals surface area contributed by atoms with Crippen LogP contribution in [0, 0.1) is 5.92 Å². The molecule has 0 aliphatic heterocycles. The van der Waals surface area contributed by atoms with Gasteiger partial charge >= 0.3 is 0 Å². The Kier molecular flexibility index (Phi) is 7.18. The number of hydrogen-bond acceptors (Lipinski definition) is 1. The van der Waals surface area contributed by atoms with E-state index in [0.29, 0.717) is 6.04 Å². The highest BCUT2D eigenvalue weighted by atomic mass is 15.3. The van der Waals surface area contributed by atoms with Crippen LogP contribution in [0.25, 0.3) is 0 Å². The molecule has 0 aromatic rings. The van der Waals surface area contributed by atoms with Crippen LogP contribution in [0.2, 0.25) is 0 Å². The van der Waals surface area contributed by atoms with Gasteiger partial charge in [-0.15, -0.1) is 0 Å². The van der Waals surface area contributed by atoms with E-state index in [2.05, 4.69) is 38.0 Å². The number of rotatable bonds is 5. The van der Waals surface area contributed by atoms with Crippen molar-refractivity contribution in [1.82, 2.24) is 10.2 Å². The molecule has 0 saturated heterocycles. The Morgan fingerprint density at radius 1 is 1.20 bits per heavy atom. The van der Waals surface area contributed by atoms with Gasteiger partial charge in [0.05, 0.1) is 0 Å². The molecule has 1 atom stereocenters. The number of nitrogens with zero attached hydrogens (tertiary/aromatic N) is 2. The monoisotopic (exact) mass is 213 g/mol. The van der Waals surface area contributed by atoms with Crippen LogP contribution in [0.4, 0.5) is 0 Å². The Hall–Kier alpha value is -0.730. The molecule has 0 fully saturated rings. The summed E-state index contributed by atoms with van der Waals surface area (Å²) in [5, 5.41) is 3.45. The van der Waals surface area contributed by atoms with Gasteiger partial charge in [0.15, 0.2) is 5.96 Å². The molecular weight excluding hydrogens is 186 g/mol. The Morgan fingerprint density at radius 3 is 2.20 bits per heavy atom. The maximum Gasteiger partial charge on any atom is 0.193 e. The molecule has 3 heteroatoms. The molecule has 0 aromatic carbocycles. The van der Waals surface area contributed by atoms with E-state index in [4.69, 9.17) is 0 Å². The van der Waals surface area contributed by atoms with E-state index >= 15 is 0 Å². The van der Waals surface area contributed by atoms with E-state index in [0.717, 1.165) is 18.4 Å². The maximum atomic E-state index is 4.42. The molecule has 0 heterocycles. The van der Waals surface area contributed by atoms with E-state index in [1.54, 1.807) is 0 Å². The van der Waals surface area contributed by atoms with Crippen molar-refractivity contribution in [3.63, 3.8) is 0 Å². The van der Waals surface area contributed by atoms with E-state index in [1.165, 1.54) is 12.8 Å². The third-order valence-electron chi connectivity index (χ3n) is 2.28. The molecular formula is C12H27N3. The highest BCUT2D eigenvalue weighted by molar-refractivity contribution is 5.79. The minimum atomic E-state index is 0.500. The minimum absolute atomic E-state index is 0.500. The zero-order valence-corrected chi connectivity index (χ0v) is 11.2. The van der Waals surface area contributed by atoms with Gasteiger partial charge in [0.1, 0.15) is 0 Å². The number of nitrogens with one attached hydrogen (secondary N) is 1. The number of guanidine groups is 1. The molecule has 0 amide bonds. The number of aliphatic imine (C=N–C) groups is 1. The third kappa shape index (κ3) is 7.23. The first-order valence-corrected chi connectivity index (χ1v) is 5.95. The van der Waals surface area contributed by atoms with Gasteiger partial charge in [-0.1, -0.05) is 13.8 Å². The van der Waals surface area contributed by atoms with Crippen molar-refractivity contribution in [2.45, 2.75) is 46.6 Å². The van der Waals surface area contributed by atoms with Gasteiger partial charge in [0, 0.05) is 26.7 Å². The van der Waals surface area contributed by atoms with Crippen LogP contribution >= 0.6 is 0 Å². The molecule has 0 saturated carbocycles. The third-order valence-corrected chi connectivity index (χ3v) is 2.28. The fourth-order valence-corrected chi connectivity index (χ4v) is 1.34. The van der Waals surface area contributed by atoms with E-state index in [-0.39, 0.29) is 0 Å². The molecule has 0 aliphatic rings. The van der Waals surface area contributed by atoms with Crippen molar-refractivity contribution in [3.8, 4) is 0 Å². The predicted octanol–water partition coefficient (Wildman–Crippen LogP) is 2.34. The summed E-state index contributed by atoms with van der Waals surface area (Å²) in [7, 11) is 4.05. The average molecular weight is 213 g/mol. The fraction of sp³-hybridized carbons (Fsp3) is 0.917. The standard InChI is InChI=1S/C12H27N3/c1-7-13-12(15(5)6)14-11(4)9-8-10(2)3/h10-11H,7-9H2,1-6H3,(H,13,14). The first-order chi connectivity index (χ1) is 6.97. The van der Waals surface area contributed by atoms with Crippen molar-refractivity contribution in [1.29, 1.82) is 0 Å². The van der Waals surface area contributed by atoms with Gasteiger partial charge in [0.25, 0.3) is 0 Å². The SMILES string of the molecule is CCN=C(NC(C)CCC(C)C)N(C)C. The summed E-state index contributed by atoms with van der Waals surface area (Å²) in [5.74, 6) is 1.77. The second-order valence-electron chi connectivity index (χ2n) is 4.71. The number of hydrogen-bond donors (Lipinski definition) is 1. The first-order valence-electron chi connectivity index (χ1n) is 5.95. The Bertz CT molecular complexity index is 185. The van der Waals surface area contributed by atoms with Crippen LogP contribution in [0.3, 0.4) is 0 Å². The van der Waals surface area contributed by atoms with Crippen LogP contribution in [-0.2, 0) is 0 Å². The summed E-state index contributed by atoms with van der Waals surface area (Å²) < 4.78 is 0. The summed E-state index contributed by atoms with van der Waals surface area (Å²) >= 11 is 0. The normalized spacial score (nSPS) is 14.2. The lowest BCUT2D eigenvalue weighted by molar-refractivity contribution is 0.472. The van der Waals surface area contributed by atoms with Crippen molar-refractivity contribution >= 4 is 5.96 Å². The Labute approximate surface area is 95.0 Å². The lowest BCUT2D eigenvalue weighted by Gasteiger charge is -2.22. The zero-order valence-electron chi connectivity index (χ0n) is 11.2.